The highest BCUT2D eigenvalue weighted by Crippen LogP contribution is 2.31. The quantitative estimate of drug-likeness (QED) is 0.326. The molecule has 37 heavy (non-hydrogen) atoms. The molecule has 0 spiro atoms. The topological polar surface area (TPSA) is 149 Å². The number of carbonyl (C=O) groups excluding carboxylic acids is 1. The molecule has 2 unspecified atom stereocenters. The second-order valence-corrected chi connectivity index (χ2v) is 10.2. The van der Waals surface area contributed by atoms with E-state index >= 15 is 0 Å². The number of anilines is 1. The van der Waals surface area contributed by atoms with Crippen LogP contribution in [0.3, 0.4) is 0 Å². The summed E-state index contributed by atoms with van der Waals surface area (Å²) in [7, 11) is -4.01. The number of halogens is 1. The number of aliphatic imine (C=N–C) groups is 1. The number of nitro benzene ring substituents is 1. The minimum absolute atomic E-state index is 0.0123. The van der Waals surface area contributed by atoms with Crippen LogP contribution in [0.4, 0.5) is 16.2 Å². The summed E-state index contributed by atoms with van der Waals surface area (Å²) in [5.74, 6) is 0. The molecular formula is C24H21ClN4O7S. The first kappa shape index (κ1) is 25.9. The van der Waals surface area contributed by atoms with Crippen molar-refractivity contribution in [1.82, 2.24) is 4.72 Å². The first-order chi connectivity index (χ1) is 17.6. The molecule has 0 saturated heterocycles. The Morgan fingerprint density at radius 3 is 2.35 bits per heavy atom. The molecule has 0 aliphatic carbocycles. The number of nitro groups is 1. The summed E-state index contributed by atoms with van der Waals surface area (Å²) in [5.41, 5.74) is 1.70. The molecule has 3 aromatic rings. The van der Waals surface area contributed by atoms with Gasteiger partial charge in [-0.15, -0.1) is 0 Å². The number of hydrogen-bond donors (Lipinski definition) is 2. The van der Waals surface area contributed by atoms with Gasteiger partial charge in [0.15, 0.2) is 6.10 Å². The number of rotatable bonds is 7. The van der Waals surface area contributed by atoms with E-state index in [1.807, 2.05) is 6.92 Å². The lowest BCUT2D eigenvalue weighted by Gasteiger charge is -2.18. The maximum Gasteiger partial charge on any atom is 0.411 e. The molecule has 2 N–H and O–H groups in total. The van der Waals surface area contributed by atoms with Gasteiger partial charge in [0.25, 0.3) is 21.7 Å². The summed E-state index contributed by atoms with van der Waals surface area (Å²) in [6.07, 6.45) is -1.64. The Morgan fingerprint density at radius 1 is 1.08 bits per heavy atom. The van der Waals surface area contributed by atoms with E-state index in [1.165, 1.54) is 36.4 Å². The number of nitrogens with zero attached hydrogens (tertiary/aromatic N) is 2. The molecule has 0 aromatic heterocycles. The fourth-order valence-electron chi connectivity index (χ4n) is 3.44. The highest BCUT2D eigenvalue weighted by atomic mass is 35.5. The van der Waals surface area contributed by atoms with Crippen molar-refractivity contribution in [2.24, 2.45) is 4.99 Å². The molecule has 3 aromatic carbocycles. The van der Waals surface area contributed by atoms with Crippen LogP contribution in [0.15, 0.2) is 82.7 Å². The van der Waals surface area contributed by atoms with E-state index in [0.717, 1.165) is 5.56 Å². The van der Waals surface area contributed by atoms with Gasteiger partial charge in [0.2, 0.25) is 0 Å². The second kappa shape index (κ2) is 10.8. The van der Waals surface area contributed by atoms with Crippen LogP contribution in [-0.4, -0.2) is 38.1 Å². The zero-order valence-corrected chi connectivity index (χ0v) is 20.9. The summed E-state index contributed by atoms with van der Waals surface area (Å²) in [6.45, 7) is 1.56. The summed E-state index contributed by atoms with van der Waals surface area (Å²) in [5, 5.41) is 14.1. The van der Waals surface area contributed by atoms with E-state index in [2.05, 4.69) is 15.0 Å². The highest BCUT2D eigenvalue weighted by molar-refractivity contribution is 7.90. The number of non-ortho nitro benzene ring substituents is 1. The van der Waals surface area contributed by atoms with Crippen LogP contribution >= 0.6 is 11.6 Å². The first-order valence-corrected chi connectivity index (χ1v) is 12.7. The van der Waals surface area contributed by atoms with Gasteiger partial charge in [-0.25, -0.2) is 22.9 Å². The highest BCUT2D eigenvalue weighted by Gasteiger charge is 2.35. The molecule has 0 fully saturated rings. The Kier molecular flexibility index (Phi) is 7.60. The van der Waals surface area contributed by atoms with Crippen LogP contribution in [-0.2, 0) is 19.5 Å². The summed E-state index contributed by atoms with van der Waals surface area (Å²) >= 11 is 5.84. The molecular weight excluding hydrogens is 524 g/mol. The first-order valence-electron chi connectivity index (χ1n) is 10.9. The van der Waals surface area contributed by atoms with E-state index in [-0.39, 0.29) is 23.2 Å². The average molecular weight is 545 g/mol. The third kappa shape index (κ3) is 6.54. The molecule has 0 saturated carbocycles. The predicted molar refractivity (Wildman–Crippen MR) is 136 cm³/mol. The van der Waals surface area contributed by atoms with Crippen molar-refractivity contribution >= 4 is 45.1 Å². The van der Waals surface area contributed by atoms with Crippen LogP contribution in [0.5, 0.6) is 0 Å². The lowest BCUT2D eigenvalue weighted by atomic mass is 10.0. The molecule has 0 bridgehead atoms. The van der Waals surface area contributed by atoms with E-state index in [9.17, 15) is 23.3 Å². The Morgan fingerprint density at radius 2 is 1.73 bits per heavy atom. The van der Waals surface area contributed by atoms with Crippen molar-refractivity contribution in [1.29, 1.82) is 0 Å². The Hall–Kier alpha value is -4.16. The SMILES string of the molecule is Cc1ccc(S(=O)(=O)NC2=NC(COC(=O)Nc3ccc(Cl)cc3)C(c3ccc([N+](=O)[O-])cc3)O2)cc1. The molecule has 2 atom stereocenters. The lowest BCUT2D eigenvalue weighted by Crippen LogP contribution is -2.31. The maximum absolute atomic E-state index is 12.8. The van der Waals surface area contributed by atoms with E-state index in [0.29, 0.717) is 16.3 Å². The van der Waals surface area contributed by atoms with E-state index < -0.39 is 33.2 Å². The second-order valence-electron chi connectivity index (χ2n) is 8.04. The number of benzene rings is 3. The van der Waals surface area contributed by atoms with Crippen LogP contribution < -0.4 is 10.0 Å². The predicted octanol–water partition coefficient (Wildman–Crippen LogP) is 4.58. The zero-order chi connectivity index (χ0) is 26.6. The number of sulfonamides is 1. The third-order valence-corrected chi connectivity index (χ3v) is 6.92. The molecule has 0 radical (unpaired) electrons. The van der Waals surface area contributed by atoms with Gasteiger partial charge >= 0.3 is 6.09 Å². The molecule has 1 aliphatic rings. The van der Waals surface area contributed by atoms with Crippen molar-refractivity contribution in [3.05, 3.63) is 99.1 Å². The molecule has 4 rings (SSSR count). The van der Waals surface area contributed by atoms with Gasteiger partial charge in [0, 0.05) is 22.8 Å². The van der Waals surface area contributed by atoms with Gasteiger partial charge in [0.05, 0.1) is 9.82 Å². The molecule has 192 valence electrons. The van der Waals surface area contributed by atoms with Gasteiger partial charge in [-0.1, -0.05) is 29.3 Å². The average Bonchev–Trinajstić information content (AvgIpc) is 3.26. The standard InChI is InChI=1S/C24H21ClN4O7S/c1-15-2-12-20(13-3-15)37(33,34)28-23-27-21(14-35-24(30)26-18-8-6-17(25)7-9-18)22(36-23)16-4-10-19(11-5-16)29(31)32/h2-13,21-22H,14H2,1H3,(H,26,30)(H,27,28). The fourth-order valence-corrected chi connectivity index (χ4v) is 4.51. The number of amides is 1. The lowest BCUT2D eigenvalue weighted by molar-refractivity contribution is -0.384. The Labute approximate surface area is 217 Å². The zero-order valence-electron chi connectivity index (χ0n) is 19.3. The minimum Gasteiger partial charge on any atom is -0.454 e. The number of carbonyl (C=O) groups is 1. The van der Waals surface area contributed by atoms with Gasteiger partial charge < -0.3 is 9.47 Å². The number of aryl methyl sites for hydroxylation is 1. The monoisotopic (exact) mass is 544 g/mol. The Balaban J connectivity index is 1.51. The third-order valence-electron chi connectivity index (χ3n) is 5.33. The summed E-state index contributed by atoms with van der Waals surface area (Å²) in [6, 6.07) is 17.0. The van der Waals surface area contributed by atoms with Crippen molar-refractivity contribution in [3.8, 4) is 0 Å². The molecule has 1 amide bonds. The Bertz CT molecular complexity index is 1430. The molecule has 1 aliphatic heterocycles. The van der Waals surface area contributed by atoms with E-state index in [4.69, 9.17) is 21.1 Å². The number of ether oxygens (including phenoxy) is 2. The van der Waals surface area contributed by atoms with Gasteiger partial charge in [0.1, 0.15) is 12.6 Å². The van der Waals surface area contributed by atoms with Crippen LogP contribution in [0.25, 0.3) is 0 Å². The molecule has 11 nitrogen and oxygen atoms in total. The molecule has 13 heteroatoms. The minimum atomic E-state index is -4.01. The van der Waals surface area contributed by atoms with Crippen molar-refractivity contribution in [2.75, 3.05) is 11.9 Å². The van der Waals surface area contributed by atoms with Gasteiger partial charge in [-0.3, -0.25) is 15.4 Å². The van der Waals surface area contributed by atoms with Crippen LogP contribution in [0, 0.1) is 17.0 Å². The number of amidine groups is 1. The largest absolute Gasteiger partial charge is 0.454 e. The maximum atomic E-state index is 12.8. The fraction of sp³-hybridized carbons (Fsp3) is 0.167. The number of nitrogens with one attached hydrogen (secondary N) is 2. The number of hydrogen-bond acceptors (Lipinski definition) is 8. The summed E-state index contributed by atoms with van der Waals surface area (Å²) in [4.78, 5) is 27.0. The van der Waals surface area contributed by atoms with Crippen molar-refractivity contribution < 1.29 is 27.6 Å². The van der Waals surface area contributed by atoms with Gasteiger partial charge in [-0.2, -0.15) is 0 Å². The van der Waals surface area contributed by atoms with Crippen molar-refractivity contribution in [3.63, 3.8) is 0 Å². The van der Waals surface area contributed by atoms with E-state index in [1.54, 1.807) is 36.4 Å². The molecule has 1 heterocycles. The smallest absolute Gasteiger partial charge is 0.411 e. The van der Waals surface area contributed by atoms with Crippen LogP contribution in [0.1, 0.15) is 17.2 Å². The van der Waals surface area contributed by atoms with Crippen LogP contribution in [0.2, 0.25) is 5.02 Å². The van der Waals surface area contributed by atoms with Gasteiger partial charge in [-0.05, 0) is 61.0 Å². The summed E-state index contributed by atoms with van der Waals surface area (Å²) < 4.78 is 39.0. The van der Waals surface area contributed by atoms with Crippen molar-refractivity contribution in [2.45, 2.75) is 24.0 Å². The normalized spacial score (nSPS) is 16.9.